The van der Waals surface area contributed by atoms with Crippen LogP contribution in [0.4, 0.5) is 0 Å². The Bertz CT molecular complexity index is 793. The van der Waals surface area contributed by atoms with Crippen molar-refractivity contribution in [1.29, 1.82) is 0 Å². The molecule has 3 rings (SSSR count). The quantitative estimate of drug-likeness (QED) is 0.781. The maximum atomic E-state index is 11.2. The van der Waals surface area contributed by atoms with Crippen LogP contribution in [-0.2, 0) is 6.61 Å². The van der Waals surface area contributed by atoms with Crippen LogP contribution >= 0.6 is 0 Å². The fourth-order valence-electron chi connectivity index (χ4n) is 2.27. The van der Waals surface area contributed by atoms with Crippen LogP contribution in [-0.4, -0.2) is 11.1 Å². The molecule has 0 amide bonds. The topological polar surface area (TPSA) is 46.5 Å². The molecule has 0 spiro atoms. The normalized spacial score (nSPS) is 10.5. The summed E-state index contributed by atoms with van der Waals surface area (Å²) in [6.45, 7) is 0.237. The zero-order chi connectivity index (χ0) is 14.7. The van der Waals surface area contributed by atoms with Crippen LogP contribution in [0.5, 0.6) is 5.75 Å². The van der Waals surface area contributed by atoms with E-state index >= 15 is 0 Å². The Morgan fingerprint density at radius 2 is 1.62 bits per heavy atom. The third kappa shape index (κ3) is 2.87. The summed E-state index contributed by atoms with van der Waals surface area (Å²) in [5.41, 5.74) is 0.941. The van der Waals surface area contributed by atoms with Gasteiger partial charge < -0.3 is 9.84 Å². The van der Waals surface area contributed by atoms with Gasteiger partial charge in [0.05, 0.1) is 5.56 Å². The lowest BCUT2D eigenvalue weighted by molar-refractivity contribution is 0.0694. The first-order valence-corrected chi connectivity index (χ1v) is 6.67. The molecule has 0 saturated carbocycles. The molecule has 0 bridgehead atoms. The Morgan fingerprint density at radius 3 is 2.43 bits per heavy atom. The maximum absolute atomic E-state index is 11.2. The van der Waals surface area contributed by atoms with Crippen molar-refractivity contribution in [3.8, 4) is 5.75 Å². The molecule has 0 fully saturated rings. The number of carboxylic acid groups (broad SMARTS) is 1. The summed E-state index contributed by atoms with van der Waals surface area (Å²) in [4.78, 5) is 11.2. The summed E-state index contributed by atoms with van der Waals surface area (Å²) in [6, 6.07) is 20.8. The van der Waals surface area contributed by atoms with E-state index < -0.39 is 5.97 Å². The van der Waals surface area contributed by atoms with Crippen molar-refractivity contribution in [2.45, 2.75) is 6.61 Å². The van der Waals surface area contributed by atoms with Crippen molar-refractivity contribution < 1.29 is 14.6 Å². The first-order valence-electron chi connectivity index (χ1n) is 6.67. The first-order chi connectivity index (χ1) is 10.2. The van der Waals surface area contributed by atoms with Crippen LogP contribution in [0.1, 0.15) is 15.9 Å². The summed E-state index contributed by atoms with van der Waals surface area (Å²) in [6.07, 6.45) is 0. The van der Waals surface area contributed by atoms with Crippen molar-refractivity contribution >= 4 is 16.7 Å². The molecule has 1 N–H and O–H groups in total. The van der Waals surface area contributed by atoms with Gasteiger partial charge in [-0.1, -0.05) is 48.5 Å². The van der Waals surface area contributed by atoms with Gasteiger partial charge in [0.25, 0.3) is 0 Å². The number of aromatic carboxylic acids is 1. The number of hydrogen-bond donors (Lipinski definition) is 1. The van der Waals surface area contributed by atoms with Gasteiger partial charge in [-0.3, -0.25) is 0 Å². The number of fused-ring (bicyclic) bond motifs is 1. The van der Waals surface area contributed by atoms with E-state index in [-0.39, 0.29) is 12.2 Å². The van der Waals surface area contributed by atoms with Crippen LogP contribution in [0.3, 0.4) is 0 Å². The molecule has 3 aromatic rings. The number of ether oxygens (including phenoxy) is 1. The highest BCUT2D eigenvalue weighted by molar-refractivity contribution is 5.89. The van der Waals surface area contributed by atoms with Gasteiger partial charge in [-0.2, -0.15) is 0 Å². The molecule has 21 heavy (non-hydrogen) atoms. The Hall–Kier alpha value is -2.81. The summed E-state index contributed by atoms with van der Waals surface area (Å²) >= 11 is 0. The average Bonchev–Trinajstić information content (AvgIpc) is 2.53. The predicted octanol–water partition coefficient (Wildman–Crippen LogP) is 4.12. The van der Waals surface area contributed by atoms with Gasteiger partial charge in [-0.25, -0.2) is 4.79 Å². The fraction of sp³-hybridized carbons (Fsp3) is 0.0556. The summed E-state index contributed by atoms with van der Waals surface area (Å²) in [7, 11) is 0. The van der Waals surface area contributed by atoms with Crippen molar-refractivity contribution in [1.82, 2.24) is 0 Å². The number of carboxylic acids is 1. The smallest absolute Gasteiger partial charge is 0.336 e. The molecule has 0 saturated heterocycles. The van der Waals surface area contributed by atoms with E-state index in [2.05, 4.69) is 0 Å². The zero-order valence-corrected chi connectivity index (χ0v) is 11.3. The van der Waals surface area contributed by atoms with E-state index in [1.54, 1.807) is 18.2 Å². The number of rotatable bonds is 4. The molecular formula is C18H14O3. The number of carbonyl (C=O) groups is 1. The molecule has 0 aliphatic carbocycles. The van der Waals surface area contributed by atoms with E-state index in [1.165, 1.54) is 0 Å². The Balaban J connectivity index is 1.82. The van der Waals surface area contributed by atoms with Crippen molar-refractivity contribution in [2.24, 2.45) is 0 Å². The van der Waals surface area contributed by atoms with Crippen molar-refractivity contribution in [2.75, 3.05) is 0 Å². The lowest BCUT2D eigenvalue weighted by Crippen LogP contribution is -2.05. The minimum absolute atomic E-state index is 0.237. The minimum atomic E-state index is -0.937. The SMILES string of the molecule is O=C(O)c1ccccc1COc1ccc2ccccc2c1. The van der Waals surface area contributed by atoms with E-state index in [1.807, 2.05) is 48.5 Å². The van der Waals surface area contributed by atoms with Crippen LogP contribution in [0.2, 0.25) is 0 Å². The molecule has 0 aliphatic heterocycles. The third-order valence-electron chi connectivity index (χ3n) is 3.36. The molecule has 0 radical (unpaired) electrons. The monoisotopic (exact) mass is 278 g/mol. The van der Waals surface area contributed by atoms with Gasteiger partial charge in [0, 0.05) is 5.56 Å². The van der Waals surface area contributed by atoms with Gasteiger partial charge in [0.15, 0.2) is 0 Å². The van der Waals surface area contributed by atoms with Crippen molar-refractivity contribution in [3.05, 3.63) is 77.9 Å². The molecule has 3 nitrogen and oxygen atoms in total. The maximum Gasteiger partial charge on any atom is 0.336 e. The first kappa shape index (κ1) is 13.2. The highest BCUT2D eigenvalue weighted by atomic mass is 16.5. The molecule has 3 heteroatoms. The lowest BCUT2D eigenvalue weighted by Gasteiger charge is -2.09. The van der Waals surface area contributed by atoms with Gasteiger partial charge in [-0.05, 0) is 29.0 Å². The highest BCUT2D eigenvalue weighted by Crippen LogP contribution is 2.22. The molecule has 0 unspecified atom stereocenters. The Labute approximate surface area is 122 Å². The van der Waals surface area contributed by atoms with E-state index in [4.69, 9.17) is 9.84 Å². The second kappa shape index (κ2) is 5.67. The van der Waals surface area contributed by atoms with E-state index in [9.17, 15) is 4.79 Å². The van der Waals surface area contributed by atoms with Gasteiger partial charge >= 0.3 is 5.97 Å². The fourth-order valence-corrected chi connectivity index (χ4v) is 2.27. The lowest BCUT2D eigenvalue weighted by atomic mass is 10.1. The van der Waals surface area contributed by atoms with Crippen molar-refractivity contribution in [3.63, 3.8) is 0 Å². The van der Waals surface area contributed by atoms with Gasteiger partial charge in [0.2, 0.25) is 0 Å². The molecular weight excluding hydrogens is 264 g/mol. The summed E-state index contributed by atoms with van der Waals surface area (Å²) in [5.74, 6) is -0.207. The minimum Gasteiger partial charge on any atom is -0.489 e. The van der Waals surface area contributed by atoms with Gasteiger partial charge in [-0.15, -0.1) is 0 Å². The molecule has 0 atom stereocenters. The zero-order valence-electron chi connectivity index (χ0n) is 11.3. The third-order valence-corrected chi connectivity index (χ3v) is 3.36. The van der Waals surface area contributed by atoms with Gasteiger partial charge in [0.1, 0.15) is 12.4 Å². The molecule has 104 valence electrons. The summed E-state index contributed by atoms with van der Waals surface area (Å²) in [5, 5.41) is 11.4. The van der Waals surface area contributed by atoms with Crippen LogP contribution in [0.15, 0.2) is 66.7 Å². The Kier molecular flexibility index (Phi) is 3.56. The van der Waals surface area contributed by atoms with E-state index in [0.29, 0.717) is 5.56 Å². The number of benzene rings is 3. The predicted molar refractivity (Wildman–Crippen MR) is 81.7 cm³/mol. The van der Waals surface area contributed by atoms with Crippen LogP contribution in [0, 0.1) is 0 Å². The molecule has 0 aliphatic rings. The molecule has 3 aromatic carbocycles. The standard InChI is InChI=1S/C18H14O3/c19-18(20)17-8-4-3-7-15(17)12-21-16-10-9-13-5-1-2-6-14(13)11-16/h1-11H,12H2,(H,19,20). The van der Waals surface area contributed by atoms with Crippen LogP contribution in [0.25, 0.3) is 10.8 Å². The second-order valence-corrected chi connectivity index (χ2v) is 4.76. The second-order valence-electron chi connectivity index (χ2n) is 4.76. The van der Waals surface area contributed by atoms with E-state index in [0.717, 1.165) is 16.5 Å². The highest BCUT2D eigenvalue weighted by Gasteiger charge is 2.09. The molecule has 0 aromatic heterocycles. The number of hydrogen-bond acceptors (Lipinski definition) is 2. The van der Waals surface area contributed by atoms with Crippen LogP contribution < -0.4 is 4.74 Å². The summed E-state index contributed by atoms with van der Waals surface area (Å²) < 4.78 is 5.73. The molecule has 0 heterocycles. The average molecular weight is 278 g/mol. The Morgan fingerprint density at radius 1 is 0.905 bits per heavy atom. The largest absolute Gasteiger partial charge is 0.489 e.